The van der Waals surface area contributed by atoms with E-state index in [0.717, 1.165) is 31.7 Å². The normalized spacial score (nSPS) is 24.8. The van der Waals surface area contributed by atoms with Crippen LogP contribution < -0.4 is 10.0 Å². The predicted molar refractivity (Wildman–Crippen MR) is 88.5 cm³/mol. The Morgan fingerprint density at radius 3 is 2.30 bits per heavy atom. The van der Waals surface area contributed by atoms with Gasteiger partial charge in [-0.2, -0.15) is 0 Å². The molecule has 0 bridgehead atoms. The Bertz CT molecular complexity index is 559. The number of piperidine rings is 1. The summed E-state index contributed by atoms with van der Waals surface area (Å²) in [5.41, 5.74) is 5.72. The van der Waals surface area contributed by atoms with Crippen molar-refractivity contribution in [2.24, 2.45) is 0 Å². The van der Waals surface area contributed by atoms with Gasteiger partial charge in [0.05, 0.1) is 0 Å². The molecule has 0 aliphatic carbocycles. The van der Waals surface area contributed by atoms with Crippen LogP contribution in [0.4, 0.5) is 0 Å². The van der Waals surface area contributed by atoms with Gasteiger partial charge in [0.25, 0.3) is 0 Å². The molecule has 3 heteroatoms. The average molecular weight is 291 g/mol. The Labute approximate surface area is 125 Å². The summed E-state index contributed by atoms with van der Waals surface area (Å²) >= 11 is 0. The summed E-state index contributed by atoms with van der Waals surface area (Å²) in [7, 11) is 5.12. The van der Waals surface area contributed by atoms with E-state index in [9.17, 15) is 0 Å². The first-order valence-corrected chi connectivity index (χ1v) is 8.22. The highest BCUT2D eigenvalue weighted by Gasteiger charge is 2.48. The molecule has 3 rings (SSSR count). The zero-order valence-corrected chi connectivity index (χ0v) is 14.5. The number of likely N-dealkylation sites (tertiary alicyclic amines) is 1. The summed E-state index contributed by atoms with van der Waals surface area (Å²) in [6.45, 7) is 11.4. The van der Waals surface area contributed by atoms with Crippen LogP contribution in [0.3, 0.4) is 0 Å². The molecule has 2 aliphatic heterocycles. The molecule has 0 saturated carbocycles. The third kappa shape index (κ3) is 1.84. The highest BCUT2D eigenvalue weighted by Crippen LogP contribution is 2.51. The van der Waals surface area contributed by atoms with Crippen molar-refractivity contribution in [1.82, 2.24) is 4.90 Å². The molecule has 1 aromatic carbocycles. The summed E-state index contributed by atoms with van der Waals surface area (Å²) < 4.78 is 6.60. The minimum Gasteiger partial charge on any atom is -0.486 e. The van der Waals surface area contributed by atoms with E-state index >= 15 is 0 Å². The van der Waals surface area contributed by atoms with E-state index in [-0.39, 0.29) is 5.60 Å². The van der Waals surface area contributed by atoms with Crippen LogP contribution in [0.15, 0.2) is 0 Å². The quantitative estimate of drug-likeness (QED) is 0.681. The lowest BCUT2D eigenvalue weighted by Gasteiger charge is -2.40. The zero-order chi connectivity index (χ0) is 14.7. The molecule has 0 amide bonds. The molecular weight excluding hydrogens is 265 g/mol. The largest absolute Gasteiger partial charge is 0.486 e. The van der Waals surface area contributed by atoms with Gasteiger partial charge in [0.2, 0.25) is 0 Å². The molecule has 2 atom stereocenters. The molecule has 2 aliphatic rings. The number of rotatable bonds is 0. The smallest absolute Gasteiger partial charge is 0.131 e. The number of ether oxygens (including phenoxy) is 1. The molecule has 20 heavy (non-hydrogen) atoms. The second-order valence-electron chi connectivity index (χ2n) is 6.72. The monoisotopic (exact) mass is 291 g/mol. The Hall–Kier alpha value is -0.590. The van der Waals surface area contributed by atoms with E-state index in [1.807, 2.05) is 0 Å². The standard InChI is InChI=1S/C17H26NOP/c1-10-11(2)14-13(4)17(6-8-18(5)9-7-17)19-15(14)16(20)12(10)3/h13H,6-9,20H2,1-5H3. The van der Waals surface area contributed by atoms with Gasteiger partial charge >= 0.3 is 0 Å². The Balaban J connectivity index is 2.09. The molecule has 1 fully saturated rings. The van der Waals surface area contributed by atoms with E-state index in [1.165, 1.54) is 27.6 Å². The van der Waals surface area contributed by atoms with Crippen molar-refractivity contribution in [3.8, 4) is 5.75 Å². The number of nitrogens with zero attached hydrogens (tertiary/aromatic N) is 1. The first-order chi connectivity index (χ1) is 9.37. The molecule has 0 radical (unpaired) electrons. The lowest BCUT2D eigenvalue weighted by molar-refractivity contribution is 0.0109. The van der Waals surface area contributed by atoms with Gasteiger partial charge in [-0.1, -0.05) is 6.92 Å². The maximum absolute atomic E-state index is 6.60. The molecule has 1 aromatic rings. The molecule has 1 saturated heterocycles. The van der Waals surface area contributed by atoms with E-state index < -0.39 is 0 Å². The van der Waals surface area contributed by atoms with Crippen LogP contribution in [0, 0.1) is 20.8 Å². The molecule has 2 heterocycles. The van der Waals surface area contributed by atoms with Crippen LogP contribution in [-0.2, 0) is 0 Å². The number of hydrogen-bond donors (Lipinski definition) is 0. The maximum atomic E-state index is 6.60. The van der Waals surface area contributed by atoms with Gasteiger partial charge < -0.3 is 9.64 Å². The second kappa shape index (κ2) is 4.71. The van der Waals surface area contributed by atoms with Crippen LogP contribution in [0.1, 0.15) is 47.9 Å². The third-order valence-corrected chi connectivity index (χ3v) is 6.48. The minimum atomic E-state index is 0.0329. The molecule has 0 aromatic heterocycles. The summed E-state index contributed by atoms with van der Waals surface area (Å²) in [6.07, 6.45) is 2.28. The van der Waals surface area contributed by atoms with E-state index in [1.54, 1.807) is 0 Å². The van der Waals surface area contributed by atoms with Crippen LogP contribution in [0.25, 0.3) is 0 Å². The molecule has 1 spiro atoms. The van der Waals surface area contributed by atoms with Crippen molar-refractivity contribution in [3.05, 3.63) is 22.3 Å². The van der Waals surface area contributed by atoms with Gasteiger partial charge in [0.1, 0.15) is 11.4 Å². The van der Waals surface area contributed by atoms with Crippen LogP contribution in [0.5, 0.6) is 5.75 Å². The highest BCUT2D eigenvalue weighted by molar-refractivity contribution is 7.28. The van der Waals surface area contributed by atoms with Crippen LogP contribution >= 0.6 is 9.24 Å². The number of fused-ring (bicyclic) bond motifs is 1. The molecular formula is C17H26NOP. The first-order valence-electron chi connectivity index (χ1n) is 7.64. The Morgan fingerprint density at radius 2 is 1.70 bits per heavy atom. The van der Waals surface area contributed by atoms with Crippen molar-refractivity contribution in [2.45, 2.75) is 52.1 Å². The zero-order valence-electron chi connectivity index (χ0n) is 13.3. The second-order valence-corrected chi connectivity index (χ2v) is 7.30. The number of hydrogen-bond acceptors (Lipinski definition) is 2. The fourth-order valence-electron chi connectivity index (χ4n) is 3.89. The summed E-state index contributed by atoms with van der Waals surface area (Å²) in [5.74, 6) is 1.66. The summed E-state index contributed by atoms with van der Waals surface area (Å²) in [4.78, 5) is 2.41. The average Bonchev–Trinajstić information content (AvgIpc) is 2.72. The van der Waals surface area contributed by atoms with Gasteiger partial charge in [0, 0.05) is 42.7 Å². The third-order valence-electron chi connectivity index (χ3n) is 5.78. The Morgan fingerprint density at radius 1 is 1.10 bits per heavy atom. The van der Waals surface area contributed by atoms with Crippen molar-refractivity contribution < 1.29 is 4.74 Å². The minimum absolute atomic E-state index is 0.0329. The first kappa shape index (κ1) is 14.4. The van der Waals surface area contributed by atoms with E-state index in [0.29, 0.717) is 5.92 Å². The topological polar surface area (TPSA) is 12.5 Å². The Kier molecular flexibility index (Phi) is 3.38. The van der Waals surface area contributed by atoms with Crippen molar-refractivity contribution in [2.75, 3.05) is 20.1 Å². The SMILES string of the molecule is Cc1c(C)c(P)c2c(c1C)C(C)C1(CCN(C)CC1)O2. The van der Waals surface area contributed by atoms with Crippen LogP contribution in [0.2, 0.25) is 0 Å². The molecule has 2 nitrogen and oxygen atoms in total. The van der Waals surface area contributed by atoms with Gasteiger partial charge in [-0.15, -0.1) is 9.24 Å². The molecule has 110 valence electrons. The maximum Gasteiger partial charge on any atom is 0.131 e. The van der Waals surface area contributed by atoms with E-state index in [4.69, 9.17) is 4.74 Å². The molecule has 0 N–H and O–H groups in total. The highest BCUT2D eigenvalue weighted by atomic mass is 31.0. The van der Waals surface area contributed by atoms with Crippen molar-refractivity contribution >= 4 is 14.5 Å². The molecule has 2 unspecified atom stereocenters. The lowest BCUT2D eigenvalue weighted by Crippen LogP contribution is -2.47. The van der Waals surface area contributed by atoms with E-state index in [2.05, 4.69) is 48.9 Å². The fourth-order valence-corrected chi connectivity index (χ4v) is 4.32. The van der Waals surface area contributed by atoms with Gasteiger partial charge in [-0.05, 0) is 44.5 Å². The van der Waals surface area contributed by atoms with Crippen molar-refractivity contribution in [1.29, 1.82) is 0 Å². The van der Waals surface area contributed by atoms with Crippen LogP contribution in [-0.4, -0.2) is 30.6 Å². The van der Waals surface area contributed by atoms with Gasteiger partial charge in [0.15, 0.2) is 0 Å². The fraction of sp³-hybridized carbons (Fsp3) is 0.647. The predicted octanol–water partition coefficient (Wildman–Crippen LogP) is 3.07. The summed E-state index contributed by atoms with van der Waals surface area (Å²) in [6, 6.07) is 0. The van der Waals surface area contributed by atoms with Gasteiger partial charge in [-0.25, -0.2) is 0 Å². The van der Waals surface area contributed by atoms with Crippen molar-refractivity contribution in [3.63, 3.8) is 0 Å². The number of benzene rings is 1. The van der Waals surface area contributed by atoms with Gasteiger partial charge in [-0.3, -0.25) is 0 Å². The lowest BCUT2D eigenvalue weighted by atomic mass is 9.77. The summed E-state index contributed by atoms with van der Waals surface area (Å²) in [5, 5.41) is 1.27.